The summed E-state index contributed by atoms with van der Waals surface area (Å²) in [4.78, 5) is 13.0. The predicted octanol–water partition coefficient (Wildman–Crippen LogP) is 3.95. The molecular weight excluding hydrogens is 320 g/mol. The van der Waals surface area contributed by atoms with Crippen LogP contribution >= 0.6 is 11.3 Å². The van der Waals surface area contributed by atoms with Crippen LogP contribution in [0, 0.1) is 0 Å². The van der Waals surface area contributed by atoms with Crippen LogP contribution in [0.1, 0.15) is 37.0 Å². The van der Waals surface area contributed by atoms with Crippen molar-refractivity contribution < 1.29 is 9.53 Å². The first-order valence-corrected chi connectivity index (χ1v) is 9.29. The molecule has 0 fully saturated rings. The van der Waals surface area contributed by atoms with Gasteiger partial charge in [0.15, 0.2) is 0 Å². The van der Waals surface area contributed by atoms with E-state index < -0.39 is 0 Å². The van der Waals surface area contributed by atoms with Crippen molar-refractivity contribution in [2.45, 2.75) is 38.6 Å². The number of unbranched alkanes of at least 4 members (excludes halogenated alkanes) is 3. The topological polar surface area (TPSA) is 64.3 Å². The zero-order chi connectivity index (χ0) is 17.2. The van der Waals surface area contributed by atoms with Gasteiger partial charge in [-0.25, -0.2) is 0 Å². The van der Waals surface area contributed by atoms with Crippen molar-refractivity contribution in [2.75, 3.05) is 13.7 Å². The van der Waals surface area contributed by atoms with E-state index in [-0.39, 0.29) is 5.91 Å². The molecular formula is C19H26N2O2S. The molecule has 5 heteroatoms. The first-order chi connectivity index (χ1) is 11.7. The largest absolute Gasteiger partial charge is 0.497 e. The molecule has 4 nitrogen and oxygen atoms in total. The number of nitrogens with one attached hydrogen (secondary N) is 1. The molecule has 0 aliphatic heterocycles. The third-order valence-electron chi connectivity index (χ3n) is 3.89. The Bertz CT molecular complexity index is 623. The Morgan fingerprint density at radius 2 is 1.88 bits per heavy atom. The summed E-state index contributed by atoms with van der Waals surface area (Å²) in [5.74, 6) is 0.982. The van der Waals surface area contributed by atoms with Crippen molar-refractivity contribution >= 4 is 17.2 Å². The third kappa shape index (κ3) is 5.98. The van der Waals surface area contributed by atoms with Crippen LogP contribution in [0.4, 0.5) is 0 Å². The fraction of sp³-hybridized carbons (Fsp3) is 0.421. The number of hydrogen-bond acceptors (Lipinski definition) is 4. The summed E-state index contributed by atoms with van der Waals surface area (Å²) in [7, 11) is 1.67. The van der Waals surface area contributed by atoms with Crippen molar-refractivity contribution in [1.82, 2.24) is 5.32 Å². The van der Waals surface area contributed by atoms with Gasteiger partial charge in [-0.15, -0.1) is 11.3 Å². The molecule has 0 saturated heterocycles. The number of rotatable bonds is 10. The normalized spacial score (nSPS) is 10.6. The van der Waals surface area contributed by atoms with E-state index in [4.69, 9.17) is 10.5 Å². The van der Waals surface area contributed by atoms with Gasteiger partial charge in [0.05, 0.1) is 13.7 Å². The maximum Gasteiger partial charge on any atom is 0.220 e. The Labute approximate surface area is 148 Å². The Hall–Kier alpha value is -1.85. The van der Waals surface area contributed by atoms with Gasteiger partial charge >= 0.3 is 0 Å². The lowest BCUT2D eigenvalue weighted by Gasteiger charge is -2.04. The van der Waals surface area contributed by atoms with E-state index in [1.165, 1.54) is 5.56 Å². The van der Waals surface area contributed by atoms with Crippen molar-refractivity contribution in [2.24, 2.45) is 5.73 Å². The number of ether oxygens (including phenoxy) is 1. The van der Waals surface area contributed by atoms with E-state index in [0.717, 1.165) is 48.4 Å². The van der Waals surface area contributed by atoms with Gasteiger partial charge in [0.2, 0.25) is 5.91 Å². The van der Waals surface area contributed by atoms with Gasteiger partial charge in [0.25, 0.3) is 0 Å². The summed E-state index contributed by atoms with van der Waals surface area (Å²) in [6, 6.07) is 10.1. The molecule has 0 spiro atoms. The minimum absolute atomic E-state index is 0.127. The van der Waals surface area contributed by atoms with E-state index in [0.29, 0.717) is 13.0 Å². The molecule has 0 aliphatic rings. The number of hydrogen-bond donors (Lipinski definition) is 2. The van der Waals surface area contributed by atoms with Crippen molar-refractivity contribution in [3.63, 3.8) is 0 Å². The Kier molecular flexibility index (Phi) is 7.79. The molecule has 3 N–H and O–H groups in total. The molecule has 130 valence electrons. The van der Waals surface area contributed by atoms with Gasteiger partial charge in [-0.2, -0.15) is 0 Å². The lowest BCUT2D eigenvalue weighted by atomic mass is 10.1. The number of amides is 1. The van der Waals surface area contributed by atoms with E-state index in [2.05, 4.69) is 16.8 Å². The predicted molar refractivity (Wildman–Crippen MR) is 100 cm³/mol. The number of benzene rings is 1. The van der Waals surface area contributed by atoms with Crippen LogP contribution in [0.15, 0.2) is 35.7 Å². The number of nitrogens with two attached hydrogens (primary N) is 1. The SMILES string of the molecule is COc1ccc(-c2csc(CNC(=O)CCCCCCN)c2)cc1. The fourth-order valence-corrected chi connectivity index (χ4v) is 3.30. The van der Waals surface area contributed by atoms with Crippen LogP contribution in [0.25, 0.3) is 11.1 Å². The minimum Gasteiger partial charge on any atom is -0.497 e. The molecule has 24 heavy (non-hydrogen) atoms. The summed E-state index contributed by atoms with van der Waals surface area (Å²) in [6.45, 7) is 1.34. The second-order valence-electron chi connectivity index (χ2n) is 5.76. The average Bonchev–Trinajstić information content (AvgIpc) is 3.09. The minimum atomic E-state index is 0.127. The molecule has 1 heterocycles. The summed E-state index contributed by atoms with van der Waals surface area (Å²) in [5.41, 5.74) is 7.79. The summed E-state index contributed by atoms with van der Waals surface area (Å²) >= 11 is 1.67. The highest BCUT2D eigenvalue weighted by Gasteiger charge is 2.05. The lowest BCUT2D eigenvalue weighted by Crippen LogP contribution is -2.21. The summed E-state index contributed by atoms with van der Waals surface area (Å²) in [5, 5.41) is 5.12. The van der Waals surface area contributed by atoms with Crippen LogP contribution in [-0.2, 0) is 11.3 Å². The highest BCUT2D eigenvalue weighted by Crippen LogP contribution is 2.27. The van der Waals surface area contributed by atoms with Crippen molar-refractivity contribution in [1.29, 1.82) is 0 Å². The Balaban J connectivity index is 1.75. The second-order valence-corrected chi connectivity index (χ2v) is 6.76. The summed E-state index contributed by atoms with van der Waals surface area (Å²) < 4.78 is 5.18. The van der Waals surface area contributed by atoms with Gasteiger partial charge in [0, 0.05) is 11.3 Å². The first kappa shape index (κ1) is 18.5. The molecule has 1 aromatic heterocycles. The van der Waals surface area contributed by atoms with Crippen LogP contribution in [0.5, 0.6) is 5.75 Å². The molecule has 0 radical (unpaired) electrons. The number of methoxy groups -OCH3 is 1. The quantitative estimate of drug-likeness (QED) is 0.640. The number of carbonyl (C=O) groups excluding carboxylic acids is 1. The zero-order valence-corrected chi connectivity index (χ0v) is 15.0. The van der Waals surface area contributed by atoms with E-state index >= 15 is 0 Å². The van der Waals surface area contributed by atoms with Crippen LogP contribution in [0.2, 0.25) is 0 Å². The summed E-state index contributed by atoms with van der Waals surface area (Å²) in [6.07, 6.45) is 4.77. The van der Waals surface area contributed by atoms with Gasteiger partial charge in [-0.05, 0) is 54.1 Å². The number of carbonyl (C=O) groups is 1. The third-order valence-corrected chi connectivity index (χ3v) is 4.83. The smallest absolute Gasteiger partial charge is 0.220 e. The van der Waals surface area contributed by atoms with Gasteiger partial charge in [-0.3, -0.25) is 4.79 Å². The number of thiophene rings is 1. The second kappa shape index (κ2) is 10.1. The van der Waals surface area contributed by atoms with Crippen LogP contribution < -0.4 is 15.8 Å². The first-order valence-electron chi connectivity index (χ1n) is 8.41. The monoisotopic (exact) mass is 346 g/mol. The highest BCUT2D eigenvalue weighted by molar-refractivity contribution is 7.10. The molecule has 0 saturated carbocycles. The average molecular weight is 346 g/mol. The molecule has 1 aromatic carbocycles. The highest BCUT2D eigenvalue weighted by atomic mass is 32.1. The molecule has 0 aliphatic carbocycles. The van der Waals surface area contributed by atoms with E-state index in [9.17, 15) is 4.79 Å². The maximum atomic E-state index is 11.9. The molecule has 0 unspecified atom stereocenters. The fourth-order valence-electron chi connectivity index (χ4n) is 2.47. The molecule has 1 amide bonds. The molecule has 2 rings (SSSR count). The van der Waals surface area contributed by atoms with Crippen molar-refractivity contribution in [3.05, 3.63) is 40.6 Å². The van der Waals surface area contributed by atoms with Crippen molar-refractivity contribution in [3.8, 4) is 16.9 Å². The molecule has 0 bridgehead atoms. The van der Waals surface area contributed by atoms with Gasteiger partial charge in [0.1, 0.15) is 5.75 Å². The van der Waals surface area contributed by atoms with Crippen LogP contribution in [0.3, 0.4) is 0 Å². The molecule has 2 aromatic rings. The lowest BCUT2D eigenvalue weighted by molar-refractivity contribution is -0.121. The van der Waals surface area contributed by atoms with Crippen LogP contribution in [-0.4, -0.2) is 19.6 Å². The molecule has 0 atom stereocenters. The van der Waals surface area contributed by atoms with E-state index in [1.54, 1.807) is 18.4 Å². The Morgan fingerprint density at radius 3 is 2.58 bits per heavy atom. The zero-order valence-electron chi connectivity index (χ0n) is 14.2. The van der Waals surface area contributed by atoms with E-state index in [1.807, 2.05) is 24.3 Å². The Morgan fingerprint density at radius 1 is 1.12 bits per heavy atom. The maximum absolute atomic E-state index is 11.9. The standard InChI is InChI=1S/C19H26N2O2S/c1-23-17-9-7-15(8-10-17)16-12-18(24-14-16)13-21-19(22)6-4-2-3-5-11-20/h7-10,12,14H,2-6,11,13,20H2,1H3,(H,21,22). The van der Waals surface area contributed by atoms with Gasteiger partial charge in [-0.1, -0.05) is 25.0 Å². The van der Waals surface area contributed by atoms with Gasteiger partial charge < -0.3 is 15.8 Å².